The lowest BCUT2D eigenvalue weighted by Crippen LogP contribution is -2.50. The average molecular weight is 544 g/mol. The predicted molar refractivity (Wildman–Crippen MR) is 158 cm³/mol. The van der Waals surface area contributed by atoms with Gasteiger partial charge in [-0.3, -0.25) is 19.8 Å². The number of piperazine rings is 1. The largest absolute Gasteiger partial charge is 0.335 e. The summed E-state index contributed by atoms with van der Waals surface area (Å²) in [6, 6.07) is 38.6. The Hall–Kier alpha value is -5.08. The maximum Gasteiger partial charge on any atom is 0.272 e. The molecule has 5 aromatic rings. The maximum atomic E-state index is 14.0. The monoisotopic (exact) mass is 543 g/mol. The van der Waals surface area contributed by atoms with Gasteiger partial charge in [0.15, 0.2) is 0 Å². The van der Waals surface area contributed by atoms with Gasteiger partial charge in [-0.15, -0.1) is 0 Å². The third-order valence-electron chi connectivity index (χ3n) is 7.50. The molecule has 8 heteroatoms. The lowest BCUT2D eigenvalue weighted by molar-refractivity contribution is -0.384. The number of carbonyl (C=O) groups is 1. The lowest BCUT2D eigenvalue weighted by atomic mass is 9.96. The van der Waals surface area contributed by atoms with Gasteiger partial charge < -0.3 is 4.90 Å². The number of nitro groups is 1. The zero-order valence-corrected chi connectivity index (χ0v) is 22.4. The molecule has 0 aliphatic carbocycles. The molecule has 6 rings (SSSR count). The number of aromatic nitrogens is 2. The molecule has 1 aliphatic heterocycles. The Morgan fingerprint density at radius 3 is 1.80 bits per heavy atom. The molecule has 0 radical (unpaired) electrons. The van der Waals surface area contributed by atoms with E-state index in [4.69, 9.17) is 5.10 Å². The zero-order valence-electron chi connectivity index (χ0n) is 22.4. The molecule has 0 atom stereocenters. The number of non-ortho nitro benzene ring substituents is 1. The molecule has 0 bridgehead atoms. The van der Waals surface area contributed by atoms with Crippen LogP contribution in [0.15, 0.2) is 121 Å². The first-order valence-electron chi connectivity index (χ1n) is 13.6. The van der Waals surface area contributed by atoms with Crippen molar-refractivity contribution in [2.24, 2.45) is 0 Å². The molecule has 2 heterocycles. The molecule has 0 spiro atoms. The molecule has 0 unspecified atom stereocenters. The minimum atomic E-state index is -0.439. The molecule has 1 saturated heterocycles. The minimum Gasteiger partial charge on any atom is -0.335 e. The van der Waals surface area contributed by atoms with E-state index in [1.54, 1.807) is 16.8 Å². The van der Waals surface area contributed by atoms with Crippen molar-refractivity contribution in [3.8, 4) is 16.9 Å². The van der Waals surface area contributed by atoms with Crippen LogP contribution in [-0.2, 0) is 0 Å². The molecule has 0 N–H and O–H groups in total. The first kappa shape index (κ1) is 26.2. The number of rotatable bonds is 7. The van der Waals surface area contributed by atoms with Gasteiger partial charge in [-0.1, -0.05) is 91.0 Å². The van der Waals surface area contributed by atoms with E-state index >= 15 is 0 Å². The number of benzene rings is 4. The van der Waals surface area contributed by atoms with Gasteiger partial charge in [0.2, 0.25) is 0 Å². The minimum absolute atomic E-state index is 0.0143. The van der Waals surface area contributed by atoms with E-state index in [2.05, 4.69) is 53.4 Å². The normalized spacial score (nSPS) is 13.8. The Labute approximate surface area is 238 Å². The zero-order chi connectivity index (χ0) is 28.2. The number of hydrogen-bond acceptors (Lipinski definition) is 5. The van der Waals surface area contributed by atoms with E-state index in [9.17, 15) is 14.9 Å². The third kappa shape index (κ3) is 5.50. The van der Waals surface area contributed by atoms with Crippen molar-refractivity contribution in [1.82, 2.24) is 19.6 Å². The van der Waals surface area contributed by atoms with Crippen LogP contribution in [0.5, 0.6) is 0 Å². The smallest absolute Gasteiger partial charge is 0.272 e. The number of nitrogens with zero attached hydrogens (tertiary/aromatic N) is 5. The summed E-state index contributed by atoms with van der Waals surface area (Å²) in [5.74, 6) is -0.117. The molecule has 1 aliphatic rings. The van der Waals surface area contributed by atoms with Crippen molar-refractivity contribution in [3.63, 3.8) is 0 Å². The molecule has 4 aromatic carbocycles. The quantitative estimate of drug-likeness (QED) is 0.186. The van der Waals surface area contributed by atoms with Crippen LogP contribution in [0.1, 0.15) is 27.7 Å². The van der Waals surface area contributed by atoms with Gasteiger partial charge in [-0.2, -0.15) is 5.10 Å². The van der Waals surface area contributed by atoms with Crippen LogP contribution in [0.2, 0.25) is 0 Å². The molecule has 0 saturated carbocycles. The van der Waals surface area contributed by atoms with Crippen molar-refractivity contribution in [1.29, 1.82) is 0 Å². The van der Waals surface area contributed by atoms with Crippen LogP contribution < -0.4 is 0 Å². The Morgan fingerprint density at radius 2 is 1.27 bits per heavy atom. The Morgan fingerprint density at radius 1 is 0.732 bits per heavy atom. The fraction of sp³-hybridized carbons (Fsp3) is 0.152. The second-order valence-electron chi connectivity index (χ2n) is 10.0. The average Bonchev–Trinajstić information content (AvgIpc) is 3.48. The SMILES string of the molecule is O=C(c1cc(-c2ccccc2)nn1-c1ccc([N+](=O)[O-])cc1)N1CCN(C(c2ccccc2)c2ccccc2)CC1. The van der Waals surface area contributed by atoms with Crippen molar-refractivity contribution < 1.29 is 9.72 Å². The van der Waals surface area contributed by atoms with E-state index in [0.29, 0.717) is 30.2 Å². The maximum absolute atomic E-state index is 14.0. The molecule has 204 valence electrons. The standard InChI is InChI=1S/C33H29N5O3/c39-33(36-22-20-35(21-23-36)32(26-12-6-2-7-13-26)27-14-8-3-9-15-27)31-24-30(25-10-4-1-5-11-25)34-37(31)28-16-18-29(19-17-28)38(40)41/h1-19,24,32H,20-23H2. The van der Waals surface area contributed by atoms with E-state index in [1.165, 1.54) is 23.3 Å². The number of amides is 1. The molecule has 41 heavy (non-hydrogen) atoms. The van der Waals surface area contributed by atoms with Crippen molar-refractivity contribution >= 4 is 11.6 Å². The number of hydrogen-bond donors (Lipinski definition) is 0. The lowest BCUT2D eigenvalue weighted by Gasteiger charge is -2.39. The van der Waals surface area contributed by atoms with Crippen molar-refractivity contribution in [2.45, 2.75) is 6.04 Å². The van der Waals surface area contributed by atoms with Crippen LogP contribution in [0.4, 0.5) is 5.69 Å². The van der Waals surface area contributed by atoms with Crippen molar-refractivity contribution in [2.75, 3.05) is 26.2 Å². The van der Waals surface area contributed by atoms with Crippen LogP contribution in [0, 0.1) is 10.1 Å². The van der Waals surface area contributed by atoms with Crippen LogP contribution in [0.3, 0.4) is 0 Å². The molecule has 8 nitrogen and oxygen atoms in total. The third-order valence-corrected chi connectivity index (χ3v) is 7.50. The summed E-state index contributed by atoms with van der Waals surface area (Å²) in [7, 11) is 0. The summed E-state index contributed by atoms with van der Waals surface area (Å²) in [5.41, 5.74) is 5.01. The van der Waals surface area contributed by atoms with E-state index in [0.717, 1.165) is 18.7 Å². The van der Waals surface area contributed by atoms with Gasteiger partial charge in [-0.25, -0.2) is 4.68 Å². The predicted octanol–water partition coefficient (Wildman–Crippen LogP) is 5.99. The fourth-order valence-electron chi connectivity index (χ4n) is 5.43. The van der Waals surface area contributed by atoms with E-state index < -0.39 is 4.92 Å². The highest BCUT2D eigenvalue weighted by molar-refractivity contribution is 5.94. The summed E-state index contributed by atoms with van der Waals surface area (Å²) < 4.78 is 1.59. The van der Waals surface area contributed by atoms with Crippen LogP contribution in [0.25, 0.3) is 16.9 Å². The molecular weight excluding hydrogens is 514 g/mol. The van der Waals surface area contributed by atoms with Crippen LogP contribution in [-0.4, -0.2) is 56.6 Å². The first-order valence-corrected chi connectivity index (χ1v) is 13.6. The Kier molecular flexibility index (Phi) is 7.38. The fourth-order valence-corrected chi connectivity index (χ4v) is 5.43. The van der Waals surface area contributed by atoms with E-state index in [-0.39, 0.29) is 17.6 Å². The Balaban J connectivity index is 1.27. The van der Waals surface area contributed by atoms with Gasteiger partial charge in [0.25, 0.3) is 11.6 Å². The van der Waals surface area contributed by atoms with Gasteiger partial charge in [0.1, 0.15) is 5.69 Å². The summed E-state index contributed by atoms with van der Waals surface area (Å²) in [5, 5.41) is 15.9. The highest BCUT2D eigenvalue weighted by atomic mass is 16.6. The highest BCUT2D eigenvalue weighted by Crippen LogP contribution is 2.30. The summed E-state index contributed by atoms with van der Waals surface area (Å²) in [6.45, 7) is 2.58. The van der Waals surface area contributed by atoms with Gasteiger partial charge >= 0.3 is 0 Å². The van der Waals surface area contributed by atoms with Gasteiger partial charge in [0, 0.05) is 43.9 Å². The molecule has 1 fully saturated rings. The summed E-state index contributed by atoms with van der Waals surface area (Å²) in [6.07, 6.45) is 0. The van der Waals surface area contributed by atoms with Crippen LogP contribution >= 0.6 is 0 Å². The Bertz CT molecular complexity index is 1590. The van der Waals surface area contributed by atoms with Gasteiger partial charge in [-0.05, 0) is 29.3 Å². The summed E-state index contributed by atoms with van der Waals surface area (Å²) >= 11 is 0. The molecule has 1 aromatic heterocycles. The molecule has 1 amide bonds. The second-order valence-corrected chi connectivity index (χ2v) is 10.0. The topological polar surface area (TPSA) is 84.5 Å². The first-order chi connectivity index (χ1) is 20.1. The highest BCUT2D eigenvalue weighted by Gasteiger charge is 2.30. The summed E-state index contributed by atoms with van der Waals surface area (Å²) in [4.78, 5) is 29.0. The molecular formula is C33H29N5O3. The second kappa shape index (κ2) is 11.6. The van der Waals surface area contributed by atoms with E-state index in [1.807, 2.05) is 53.4 Å². The van der Waals surface area contributed by atoms with Gasteiger partial charge in [0.05, 0.1) is 22.3 Å². The van der Waals surface area contributed by atoms with Crippen molar-refractivity contribution in [3.05, 3.63) is 148 Å². The number of carbonyl (C=O) groups excluding carboxylic acids is 1. The number of nitro benzene ring substituents is 1.